The molecule has 1 saturated heterocycles. The number of ether oxygens (including phenoxy) is 1. The number of carbonyl (C=O) groups is 6. The first-order chi connectivity index (χ1) is 29.5. The minimum Gasteiger partial charge on any atom is -0.480 e. The average molecular weight is 890 g/mol. The van der Waals surface area contributed by atoms with Crippen molar-refractivity contribution in [2.24, 2.45) is 11.7 Å². The number of nitrogens with two attached hydrogens (primary N) is 1. The molecule has 1 heterocycles. The zero-order valence-corrected chi connectivity index (χ0v) is 35.5. The molecule has 8 N–H and O–H groups in total. The van der Waals surface area contributed by atoms with E-state index in [0.717, 1.165) is 0 Å². The number of hydrogen-bond donors (Lipinski definition) is 7. The van der Waals surface area contributed by atoms with Crippen molar-refractivity contribution >= 4 is 45.3 Å². The lowest BCUT2D eigenvalue weighted by Crippen LogP contribution is -2.54. The van der Waals surface area contributed by atoms with E-state index in [1.165, 1.54) is 29.7 Å². The fourth-order valence-electron chi connectivity index (χ4n) is 7.83. The number of nitrogens with one attached hydrogen (secondary N) is 2. The first-order valence-corrected chi connectivity index (χ1v) is 22.1. The molecule has 0 aromatic heterocycles. The third-order valence-corrected chi connectivity index (χ3v) is 13.9. The summed E-state index contributed by atoms with van der Waals surface area (Å²) in [6.07, 6.45) is 0.992. The highest BCUT2D eigenvalue weighted by Crippen LogP contribution is 2.42. The Kier molecular flexibility index (Phi) is 19.2. The zero-order chi connectivity index (χ0) is 45.3. The fourth-order valence-corrected chi connectivity index (χ4v) is 9.84. The molecule has 0 radical (unpaired) electrons. The summed E-state index contributed by atoms with van der Waals surface area (Å²) >= 11 is 0. The highest BCUT2D eigenvalue weighted by Gasteiger charge is 2.54. The Morgan fingerprint density at radius 2 is 1.15 bits per heavy atom. The number of carbonyl (C=O) groups excluding carboxylic acids is 3. The molecule has 62 heavy (non-hydrogen) atoms. The Labute approximate surface area is 360 Å². The van der Waals surface area contributed by atoms with Gasteiger partial charge in [0.05, 0.1) is 37.1 Å². The fraction of sp³-hybridized carbons (Fsp3) is 0.561. The van der Waals surface area contributed by atoms with Crippen molar-refractivity contribution in [1.29, 1.82) is 0 Å². The van der Waals surface area contributed by atoms with Crippen molar-refractivity contribution in [1.82, 2.24) is 30.4 Å². The van der Waals surface area contributed by atoms with Gasteiger partial charge in [-0.25, -0.2) is 13.9 Å². The number of rotatable bonds is 20. The van der Waals surface area contributed by atoms with Crippen molar-refractivity contribution in [3.8, 4) is 11.5 Å². The summed E-state index contributed by atoms with van der Waals surface area (Å²) < 4.78 is 31.6. The van der Waals surface area contributed by atoms with Crippen LogP contribution in [0.3, 0.4) is 0 Å². The van der Waals surface area contributed by atoms with Gasteiger partial charge in [0.1, 0.15) is 11.5 Å². The van der Waals surface area contributed by atoms with E-state index in [1.54, 1.807) is 39.0 Å². The van der Waals surface area contributed by atoms with Crippen LogP contribution in [0.15, 0.2) is 59.5 Å². The van der Waals surface area contributed by atoms with Crippen LogP contribution in [0, 0.1) is 5.92 Å². The second-order valence-corrected chi connectivity index (χ2v) is 18.0. The number of unbranched alkanes of at least 4 members (excludes halogenated alkanes) is 1. The zero-order valence-electron chi connectivity index (χ0n) is 34.7. The molecular formula is C41H59N7O13S. The number of carboxylic acid groups (broad SMARTS) is 3. The Morgan fingerprint density at radius 1 is 0.694 bits per heavy atom. The number of para-hydroxylation sites is 1. The van der Waals surface area contributed by atoms with E-state index in [1.807, 2.05) is 11.0 Å². The summed E-state index contributed by atoms with van der Waals surface area (Å²) in [6, 6.07) is 13.7. The second kappa shape index (κ2) is 24.0. The third-order valence-electron chi connectivity index (χ3n) is 11.3. The van der Waals surface area contributed by atoms with Crippen molar-refractivity contribution in [3.63, 3.8) is 0 Å². The molecule has 2 aromatic carbocycles. The van der Waals surface area contributed by atoms with Gasteiger partial charge in [0.15, 0.2) is 20.4 Å². The smallest absolute Gasteiger partial charge is 0.317 e. The number of nitrogens with zero attached hydrogens (tertiary/aromatic N) is 4. The normalized spacial score (nSPS) is 20.8. The number of Topliss-reactive ketones (excluding diaryl/α,β-unsaturated/α-hetero) is 1. The average Bonchev–Trinajstić information content (AvgIpc) is 3.23. The number of amides is 2. The summed E-state index contributed by atoms with van der Waals surface area (Å²) in [7, 11) is -4.33. The molecule has 2 aromatic rings. The molecule has 0 unspecified atom stereocenters. The summed E-state index contributed by atoms with van der Waals surface area (Å²) in [5.41, 5.74) is 7.82. The maximum Gasteiger partial charge on any atom is 0.317 e. The van der Waals surface area contributed by atoms with E-state index in [0.29, 0.717) is 43.9 Å². The molecule has 0 spiro atoms. The summed E-state index contributed by atoms with van der Waals surface area (Å²) in [5, 5.41) is 40.7. The highest BCUT2D eigenvalue weighted by atomic mass is 32.2. The van der Waals surface area contributed by atoms with Gasteiger partial charge < -0.3 is 31.1 Å². The van der Waals surface area contributed by atoms with Gasteiger partial charge in [-0.2, -0.15) is 0 Å². The van der Waals surface area contributed by atoms with Gasteiger partial charge in [0.2, 0.25) is 5.91 Å². The molecule has 21 heteroatoms. The van der Waals surface area contributed by atoms with E-state index in [-0.39, 0.29) is 114 Å². The number of carboxylic acids is 3. The molecule has 1 saturated carbocycles. The predicted molar refractivity (Wildman–Crippen MR) is 223 cm³/mol. The van der Waals surface area contributed by atoms with Crippen LogP contribution in [0.5, 0.6) is 11.5 Å². The van der Waals surface area contributed by atoms with Crippen LogP contribution in [0.2, 0.25) is 0 Å². The van der Waals surface area contributed by atoms with Gasteiger partial charge in [-0.05, 0) is 81.3 Å². The second-order valence-electron chi connectivity index (χ2n) is 15.7. The van der Waals surface area contributed by atoms with E-state index >= 15 is 0 Å². The molecule has 342 valence electrons. The SMILES string of the molecule is N[C@@H](CCCCNC(=O)CN1CCN(CC(=O)O)CCN(CC(=O)O)CCN(CC(=O)O)CC1)C(=O)C1CCC(C(=O)NO)(S(=O)(=O)c2ccc(Oc3ccccc3)cc2)CC1. The van der Waals surface area contributed by atoms with Crippen LogP contribution < -0.4 is 21.3 Å². The molecular weight excluding hydrogens is 831 g/mol. The lowest BCUT2D eigenvalue weighted by molar-refractivity contribution is -0.140. The predicted octanol–water partition coefficient (Wildman–Crippen LogP) is 0.345. The number of benzene rings is 2. The Balaban J connectivity index is 1.25. The molecule has 2 aliphatic rings. The molecule has 1 aliphatic carbocycles. The van der Waals surface area contributed by atoms with E-state index < -0.39 is 50.4 Å². The number of sulfone groups is 1. The van der Waals surface area contributed by atoms with Crippen molar-refractivity contribution in [2.45, 2.75) is 60.6 Å². The minimum absolute atomic E-state index is 0.0356. The Hall–Kier alpha value is -5.03. The molecule has 20 nitrogen and oxygen atoms in total. The summed E-state index contributed by atoms with van der Waals surface area (Å²) in [4.78, 5) is 80.7. The van der Waals surface area contributed by atoms with E-state index in [2.05, 4.69) is 5.32 Å². The van der Waals surface area contributed by atoms with Gasteiger partial charge in [-0.1, -0.05) is 18.2 Å². The standard InChI is InChI=1S/C41H59N7O13S/c42-34(39(56)30-13-15-41(16-14-30,40(57)44-58)62(59,60)33-11-9-32(10-12-33)61-31-6-2-1-3-7-31)8-4-5-17-43-35(49)26-45-18-20-46(27-36(50)51)22-24-48(29-38(54)55)25-23-47(21-19-45)28-37(52)53/h1-3,6-7,9-12,30,34,58H,4-5,8,13-29,42H2,(H,43,49)(H,44,57)(H,50,51)(H,52,53)(H,54,55)/t30?,34-,41?/m0/s1. The van der Waals surface area contributed by atoms with Crippen molar-refractivity contribution < 1.29 is 62.4 Å². The summed E-state index contributed by atoms with van der Waals surface area (Å²) in [5.74, 6) is -4.44. The largest absolute Gasteiger partial charge is 0.480 e. The molecule has 2 fully saturated rings. The lowest BCUT2D eigenvalue weighted by Gasteiger charge is -2.37. The lowest BCUT2D eigenvalue weighted by atomic mass is 9.77. The minimum atomic E-state index is -4.33. The van der Waals surface area contributed by atoms with Crippen molar-refractivity contribution in [2.75, 3.05) is 85.1 Å². The first kappa shape index (κ1) is 49.6. The van der Waals surface area contributed by atoms with E-state index in [4.69, 9.17) is 10.5 Å². The molecule has 1 aliphatic heterocycles. The number of hydroxylamine groups is 1. The monoisotopic (exact) mass is 889 g/mol. The van der Waals surface area contributed by atoms with Crippen LogP contribution >= 0.6 is 0 Å². The van der Waals surface area contributed by atoms with E-state index in [9.17, 15) is 57.7 Å². The number of ketones is 1. The van der Waals surface area contributed by atoms with Crippen LogP contribution in [0.4, 0.5) is 0 Å². The Morgan fingerprint density at radius 3 is 1.60 bits per heavy atom. The molecule has 4 rings (SSSR count). The topological polar surface area (TPSA) is 290 Å². The van der Waals surface area contributed by atoms with Crippen LogP contribution in [0.1, 0.15) is 44.9 Å². The van der Waals surface area contributed by atoms with Crippen LogP contribution in [-0.2, 0) is 38.6 Å². The van der Waals surface area contributed by atoms with Gasteiger partial charge >= 0.3 is 17.9 Å². The molecule has 2 amide bonds. The quantitative estimate of drug-likeness (QED) is 0.0536. The Bertz CT molecular complexity index is 1900. The van der Waals surface area contributed by atoms with Crippen molar-refractivity contribution in [3.05, 3.63) is 54.6 Å². The van der Waals surface area contributed by atoms with Gasteiger partial charge in [0.25, 0.3) is 5.91 Å². The number of aliphatic carboxylic acids is 3. The highest BCUT2D eigenvalue weighted by molar-refractivity contribution is 7.93. The number of hydrogen-bond acceptors (Lipinski definition) is 15. The first-order valence-electron chi connectivity index (χ1n) is 20.7. The van der Waals surface area contributed by atoms with Gasteiger partial charge in [0, 0.05) is 64.8 Å². The maximum atomic E-state index is 13.9. The third kappa shape index (κ3) is 14.8. The maximum absolute atomic E-state index is 13.9. The summed E-state index contributed by atoms with van der Waals surface area (Å²) in [6.45, 7) is 1.60. The van der Waals surface area contributed by atoms with Crippen LogP contribution in [-0.4, -0.2) is 180 Å². The molecule has 1 atom stereocenters. The molecule has 0 bridgehead atoms. The van der Waals surface area contributed by atoms with Gasteiger partial charge in [-0.3, -0.25) is 53.6 Å². The van der Waals surface area contributed by atoms with Gasteiger partial charge in [-0.15, -0.1) is 0 Å². The van der Waals surface area contributed by atoms with Crippen LogP contribution in [0.25, 0.3) is 0 Å².